The molecule has 1 aliphatic heterocycles. The van der Waals surface area contributed by atoms with Crippen LogP contribution in [-0.4, -0.2) is 44.2 Å². The molecule has 1 aliphatic rings. The van der Waals surface area contributed by atoms with E-state index in [0.717, 1.165) is 6.08 Å². The summed E-state index contributed by atoms with van der Waals surface area (Å²) in [6.45, 7) is 2.59. The molecule has 0 amide bonds. The molecule has 0 spiro atoms. The molecule has 0 aromatic carbocycles. The average molecular weight is 289 g/mol. The number of aliphatic hydroxyl groups is 2. The Labute approximate surface area is 111 Å². The summed E-state index contributed by atoms with van der Waals surface area (Å²) >= 11 is 0. The van der Waals surface area contributed by atoms with E-state index in [1.54, 1.807) is 0 Å². The van der Waals surface area contributed by atoms with Gasteiger partial charge >= 0.3 is 5.69 Å². The highest BCUT2D eigenvalue weighted by molar-refractivity contribution is 5.26. The van der Waals surface area contributed by atoms with Crippen LogP contribution in [0.5, 0.6) is 0 Å². The number of nitrogens with two attached hydrogens (primary N) is 1. The summed E-state index contributed by atoms with van der Waals surface area (Å²) in [5, 5.41) is 19.0. The third-order valence-electron chi connectivity index (χ3n) is 3.22. The third kappa shape index (κ3) is 1.99. The highest BCUT2D eigenvalue weighted by Gasteiger charge is 2.54. The van der Waals surface area contributed by atoms with Crippen molar-refractivity contribution in [2.75, 3.05) is 12.3 Å². The van der Waals surface area contributed by atoms with Crippen molar-refractivity contribution < 1.29 is 23.7 Å². The molecule has 4 N–H and O–H groups in total. The largest absolute Gasteiger partial charge is 0.393 e. The lowest BCUT2D eigenvalue weighted by Crippen LogP contribution is -2.43. The Balaban J connectivity index is 2.47. The zero-order chi connectivity index (χ0) is 15.1. The van der Waals surface area contributed by atoms with Gasteiger partial charge in [-0.05, 0) is 0 Å². The van der Waals surface area contributed by atoms with Gasteiger partial charge in [0.2, 0.25) is 0 Å². The van der Waals surface area contributed by atoms with E-state index in [0.29, 0.717) is 10.8 Å². The van der Waals surface area contributed by atoms with Crippen LogP contribution in [0.15, 0.2) is 23.6 Å². The van der Waals surface area contributed by atoms with E-state index in [1.165, 1.54) is 0 Å². The van der Waals surface area contributed by atoms with Crippen LogP contribution in [0.2, 0.25) is 0 Å². The Morgan fingerprint density at radius 1 is 1.70 bits per heavy atom. The quantitative estimate of drug-likeness (QED) is 0.623. The van der Waals surface area contributed by atoms with Gasteiger partial charge in [-0.3, -0.25) is 4.57 Å². The maximum absolute atomic E-state index is 14.1. The van der Waals surface area contributed by atoms with Crippen LogP contribution in [0.25, 0.3) is 0 Å². The van der Waals surface area contributed by atoms with Crippen molar-refractivity contribution in [1.29, 1.82) is 0 Å². The fourth-order valence-electron chi connectivity index (χ4n) is 2.00. The smallest absolute Gasteiger partial charge is 0.351 e. The molecular weight excluding hydrogens is 276 g/mol. The summed E-state index contributed by atoms with van der Waals surface area (Å²) in [5.41, 5.74) is 2.30. The maximum atomic E-state index is 14.1. The van der Waals surface area contributed by atoms with Crippen LogP contribution in [0.3, 0.4) is 0 Å². The lowest BCUT2D eigenvalue weighted by atomic mass is 9.97. The molecule has 2 rings (SSSR count). The molecule has 0 bridgehead atoms. The van der Waals surface area contributed by atoms with Crippen LogP contribution >= 0.6 is 0 Å². The number of aliphatic hydroxyl groups excluding tert-OH is 2. The van der Waals surface area contributed by atoms with Gasteiger partial charge in [-0.15, -0.1) is 6.58 Å². The molecule has 110 valence electrons. The molecule has 1 saturated heterocycles. The number of halogens is 2. The zero-order valence-corrected chi connectivity index (χ0v) is 10.2. The number of aromatic nitrogens is 2. The van der Waals surface area contributed by atoms with Crippen LogP contribution in [0.1, 0.15) is 6.23 Å². The first-order valence-corrected chi connectivity index (χ1v) is 5.65. The lowest BCUT2D eigenvalue weighted by molar-refractivity contribution is -0.0984. The first-order valence-electron chi connectivity index (χ1n) is 5.65. The number of ether oxygens (including phenoxy) is 1. The summed E-state index contributed by atoms with van der Waals surface area (Å²) in [6.07, 6.45) is -3.84. The van der Waals surface area contributed by atoms with Gasteiger partial charge in [0.05, 0.1) is 12.8 Å². The third-order valence-corrected chi connectivity index (χ3v) is 3.22. The van der Waals surface area contributed by atoms with E-state index in [1.807, 2.05) is 0 Å². The van der Waals surface area contributed by atoms with Gasteiger partial charge in [-0.25, -0.2) is 13.6 Å². The molecule has 0 unspecified atom stereocenters. The Hall–Kier alpha value is -1.84. The van der Waals surface area contributed by atoms with E-state index in [-0.39, 0.29) is 0 Å². The topological polar surface area (TPSA) is 111 Å². The second-order valence-corrected chi connectivity index (χ2v) is 4.38. The first kappa shape index (κ1) is 14.6. The summed E-state index contributed by atoms with van der Waals surface area (Å²) in [7, 11) is 0. The molecule has 1 fully saturated rings. The van der Waals surface area contributed by atoms with Crippen molar-refractivity contribution in [2.45, 2.75) is 24.1 Å². The van der Waals surface area contributed by atoms with E-state index in [4.69, 9.17) is 10.5 Å². The minimum absolute atomic E-state index is 0.528. The molecule has 1 aromatic rings. The molecule has 20 heavy (non-hydrogen) atoms. The molecule has 7 nitrogen and oxygen atoms in total. The first-order chi connectivity index (χ1) is 9.36. The van der Waals surface area contributed by atoms with E-state index in [2.05, 4.69) is 11.6 Å². The second-order valence-electron chi connectivity index (χ2n) is 4.38. The Morgan fingerprint density at radius 3 is 2.85 bits per heavy atom. The standard InChI is InChI=1S/C11H13F2N3O4/c1-2-11(4-17)7(18)6(13)9(20-11)16-3-5(12)8(14)15-10(16)19/h2-3,6-7,9,17-18H,1,4H2,(H2,14,15,19)/t6-,7-,9+,11+/m0/s1. The minimum atomic E-state index is -2.08. The number of nitrogen functional groups attached to an aromatic ring is 1. The predicted molar refractivity (Wildman–Crippen MR) is 63.9 cm³/mol. The Kier molecular flexibility index (Phi) is 3.59. The van der Waals surface area contributed by atoms with Crippen molar-refractivity contribution in [3.63, 3.8) is 0 Å². The van der Waals surface area contributed by atoms with Gasteiger partial charge in [0, 0.05) is 0 Å². The molecule has 0 aliphatic carbocycles. The van der Waals surface area contributed by atoms with Gasteiger partial charge in [0.1, 0.15) is 11.7 Å². The highest BCUT2D eigenvalue weighted by atomic mass is 19.1. The van der Waals surface area contributed by atoms with E-state index >= 15 is 0 Å². The monoisotopic (exact) mass is 289 g/mol. The van der Waals surface area contributed by atoms with Crippen LogP contribution in [0.4, 0.5) is 14.6 Å². The normalized spacial score (nSPS) is 33.3. The van der Waals surface area contributed by atoms with Crippen molar-refractivity contribution >= 4 is 5.82 Å². The molecule has 2 heterocycles. The van der Waals surface area contributed by atoms with Gasteiger partial charge in [0.25, 0.3) is 0 Å². The van der Waals surface area contributed by atoms with Gasteiger partial charge in [0.15, 0.2) is 24.0 Å². The summed E-state index contributed by atoms with van der Waals surface area (Å²) in [4.78, 5) is 14.8. The van der Waals surface area contributed by atoms with E-state index < -0.39 is 48.0 Å². The molecule has 0 saturated carbocycles. The molecular formula is C11H13F2N3O4. The van der Waals surface area contributed by atoms with Gasteiger partial charge < -0.3 is 20.7 Å². The SMILES string of the molecule is C=C[C@]1(CO)O[C@@H](n2cc(F)c(N)nc2=O)[C@@H](F)[C@@H]1O. The summed E-state index contributed by atoms with van der Waals surface area (Å²) in [5.74, 6) is -1.66. The number of hydrogen-bond donors (Lipinski definition) is 3. The number of nitrogens with zero attached hydrogens (tertiary/aromatic N) is 2. The Morgan fingerprint density at radius 2 is 2.35 bits per heavy atom. The van der Waals surface area contributed by atoms with E-state index in [9.17, 15) is 23.8 Å². The highest BCUT2D eigenvalue weighted by Crippen LogP contribution is 2.39. The van der Waals surface area contributed by atoms with Crippen molar-refractivity contribution in [2.24, 2.45) is 0 Å². The van der Waals surface area contributed by atoms with Crippen LogP contribution in [0, 0.1) is 5.82 Å². The fourth-order valence-corrected chi connectivity index (χ4v) is 2.00. The number of alkyl halides is 1. The van der Waals surface area contributed by atoms with Crippen molar-refractivity contribution in [3.05, 3.63) is 35.2 Å². The maximum Gasteiger partial charge on any atom is 0.351 e. The van der Waals surface area contributed by atoms with Crippen molar-refractivity contribution in [1.82, 2.24) is 9.55 Å². The summed E-state index contributed by atoms with van der Waals surface area (Å²) in [6, 6.07) is 0. The Bertz CT molecular complexity index is 594. The molecule has 4 atom stereocenters. The van der Waals surface area contributed by atoms with Crippen molar-refractivity contribution in [3.8, 4) is 0 Å². The minimum Gasteiger partial charge on any atom is -0.393 e. The van der Waals surface area contributed by atoms with Crippen LogP contribution in [-0.2, 0) is 4.74 Å². The summed E-state index contributed by atoms with van der Waals surface area (Å²) < 4.78 is 33.1. The zero-order valence-electron chi connectivity index (χ0n) is 10.2. The lowest BCUT2D eigenvalue weighted by Gasteiger charge is -2.25. The van der Waals surface area contributed by atoms with Gasteiger partial charge in [-0.2, -0.15) is 4.98 Å². The molecule has 0 radical (unpaired) electrons. The molecule has 1 aromatic heterocycles. The van der Waals surface area contributed by atoms with Crippen LogP contribution < -0.4 is 11.4 Å². The average Bonchev–Trinajstić information content (AvgIpc) is 2.68. The number of anilines is 1. The fraction of sp³-hybridized carbons (Fsp3) is 0.455. The predicted octanol–water partition coefficient (Wildman–Crippen LogP) is -0.891. The second kappa shape index (κ2) is 4.93. The number of hydrogen-bond acceptors (Lipinski definition) is 6. The number of rotatable bonds is 3. The molecule has 9 heteroatoms. The van der Waals surface area contributed by atoms with Gasteiger partial charge in [-0.1, -0.05) is 6.08 Å².